The molecule has 0 aliphatic rings. The molecular formula is C6H11N5O3S2. The van der Waals surface area contributed by atoms with Gasteiger partial charge < -0.3 is 5.32 Å². The molecule has 10 heteroatoms. The molecular weight excluding hydrogens is 254 g/mol. The van der Waals surface area contributed by atoms with E-state index >= 15 is 0 Å². The van der Waals surface area contributed by atoms with E-state index in [1.54, 1.807) is 6.92 Å². The van der Waals surface area contributed by atoms with Gasteiger partial charge in [-0.25, -0.2) is 17.9 Å². The lowest BCUT2D eigenvalue weighted by Crippen LogP contribution is -2.24. The zero-order valence-corrected chi connectivity index (χ0v) is 10.3. The first kappa shape index (κ1) is 12.8. The third-order valence-electron chi connectivity index (χ3n) is 1.42. The van der Waals surface area contributed by atoms with E-state index in [1.165, 1.54) is 7.05 Å². The molecule has 8 nitrogen and oxygen atoms in total. The lowest BCUT2D eigenvalue weighted by Gasteiger charge is -1.98. The van der Waals surface area contributed by atoms with Gasteiger partial charge in [-0.2, -0.15) is 0 Å². The highest BCUT2D eigenvalue weighted by Gasteiger charge is 2.19. The predicted molar refractivity (Wildman–Crippen MR) is 58.8 cm³/mol. The van der Waals surface area contributed by atoms with Crippen LogP contribution in [0.25, 0.3) is 0 Å². The van der Waals surface area contributed by atoms with Gasteiger partial charge in [0, 0.05) is 13.6 Å². The standard InChI is InChI=1S/C6H11N5O3S2/c1-3-8-16(13,14)6-11-10-5(15-6)9-4(12)7-2/h8H,3H2,1-2H3,(H2,7,9,10,12). The highest BCUT2D eigenvalue weighted by Crippen LogP contribution is 2.19. The number of anilines is 1. The monoisotopic (exact) mass is 265 g/mol. The molecule has 0 radical (unpaired) electrons. The number of aromatic nitrogens is 2. The van der Waals surface area contributed by atoms with Crippen LogP contribution in [-0.2, 0) is 10.0 Å². The largest absolute Gasteiger partial charge is 0.341 e. The summed E-state index contributed by atoms with van der Waals surface area (Å²) in [6.45, 7) is 1.92. The number of hydrogen-bond acceptors (Lipinski definition) is 6. The summed E-state index contributed by atoms with van der Waals surface area (Å²) < 4.78 is 25.0. The number of hydrogen-bond donors (Lipinski definition) is 3. The van der Waals surface area contributed by atoms with Crippen molar-refractivity contribution in [3.63, 3.8) is 0 Å². The molecule has 1 heterocycles. The van der Waals surface area contributed by atoms with E-state index in [-0.39, 0.29) is 16.0 Å². The number of amides is 2. The normalized spacial score (nSPS) is 11.1. The number of carbonyl (C=O) groups excluding carboxylic acids is 1. The first-order valence-corrected chi connectivity index (χ1v) is 6.61. The lowest BCUT2D eigenvalue weighted by atomic mass is 10.8. The number of sulfonamides is 1. The summed E-state index contributed by atoms with van der Waals surface area (Å²) in [6.07, 6.45) is 0. The average molecular weight is 265 g/mol. The molecule has 1 aromatic heterocycles. The Balaban J connectivity index is 2.83. The Kier molecular flexibility index (Phi) is 4.15. The van der Waals surface area contributed by atoms with E-state index in [9.17, 15) is 13.2 Å². The minimum atomic E-state index is -3.61. The van der Waals surface area contributed by atoms with Crippen LogP contribution in [0.2, 0.25) is 0 Å². The van der Waals surface area contributed by atoms with Gasteiger partial charge in [0.25, 0.3) is 10.0 Å². The van der Waals surface area contributed by atoms with Gasteiger partial charge in [0.05, 0.1) is 0 Å². The van der Waals surface area contributed by atoms with Crippen LogP contribution < -0.4 is 15.4 Å². The molecule has 0 aromatic carbocycles. The maximum absolute atomic E-state index is 11.5. The Morgan fingerprint density at radius 2 is 2.12 bits per heavy atom. The number of carbonyl (C=O) groups is 1. The Labute approximate surface area is 96.5 Å². The van der Waals surface area contributed by atoms with Crippen molar-refractivity contribution in [2.24, 2.45) is 0 Å². The highest BCUT2D eigenvalue weighted by atomic mass is 32.2. The second-order valence-corrected chi connectivity index (χ2v) is 5.50. The molecule has 90 valence electrons. The zero-order valence-electron chi connectivity index (χ0n) is 8.64. The molecule has 16 heavy (non-hydrogen) atoms. The molecule has 3 N–H and O–H groups in total. The van der Waals surface area contributed by atoms with Crippen LogP contribution in [0.3, 0.4) is 0 Å². The summed E-state index contributed by atoms with van der Waals surface area (Å²) in [7, 11) is -2.17. The molecule has 0 bridgehead atoms. The van der Waals surface area contributed by atoms with E-state index in [2.05, 4.69) is 25.6 Å². The summed E-state index contributed by atoms with van der Waals surface area (Å²) >= 11 is 0.779. The van der Waals surface area contributed by atoms with E-state index in [0.29, 0.717) is 0 Å². The van der Waals surface area contributed by atoms with Gasteiger partial charge in [0.1, 0.15) is 0 Å². The molecule has 1 rings (SSSR count). The van der Waals surface area contributed by atoms with Crippen molar-refractivity contribution in [1.82, 2.24) is 20.2 Å². The summed E-state index contributed by atoms with van der Waals surface area (Å²) in [5.74, 6) is 0. The van der Waals surface area contributed by atoms with E-state index in [1.807, 2.05) is 0 Å². The summed E-state index contributed by atoms with van der Waals surface area (Å²) in [5.41, 5.74) is 0. The second-order valence-electron chi connectivity index (χ2n) is 2.58. The number of rotatable bonds is 4. The Hall–Kier alpha value is -1.26. The van der Waals surface area contributed by atoms with E-state index < -0.39 is 16.1 Å². The maximum Gasteiger partial charge on any atom is 0.320 e. The van der Waals surface area contributed by atoms with Crippen molar-refractivity contribution in [3.05, 3.63) is 0 Å². The molecule has 0 aliphatic heterocycles. The fourth-order valence-electron chi connectivity index (χ4n) is 0.780. The Bertz CT molecular complexity index is 468. The van der Waals surface area contributed by atoms with E-state index in [4.69, 9.17) is 0 Å². The fourth-order valence-corrected chi connectivity index (χ4v) is 2.76. The predicted octanol–water partition coefficient (Wildman–Crippen LogP) is -0.412. The molecule has 2 amide bonds. The summed E-state index contributed by atoms with van der Waals surface area (Å²) in [4.78, 5) is 10.9. The molecule has 0 unspecified atom stereocenters. The van der Waals surface area contributed by atoms with Gasteiger partial charge in [-0.15, -0.1) is 10.2 Å². The van der Waals surface area contributed by atoms with Crippen molar-refractivity contribution in [1.29, 1.82) is 0 Å². The SMILES string of the molecule is CCNS(=O)(=O)c1nnc(NC(=O)NC)s1. The van der Waals surface area contributed by atoms with Crippen molar-refractivity contribution in [3.8, 4) is 0 Å². The first-order valence-electron chi connectivity index (χ1n) is 4.31. The van der Waals surface area contributed by atoms with Crippen molar-refractivity contribution >= 4 is 32.5 Å². The Morgan fingerprint density at radius 3 is 2.69 bits per heavy atom. The maximum atomic E-state index is 11.5. The molecule has 0 saturated carbocycles. The molecule has 0 aliphatic carbocycles. The number of urea groups is 1. The number of nitrogens with zero attached hydrogens (tertiary/aromatic N) is 2. The van der Waals surface area contributed by atoms with Crippen LogP contribution in [0.15, 0.2) is 4.34 Å². The fraction of sp³-hybridized carbons (Fsp3) is 0.500. The van der Waals surface area contributed by atoms with Crippen molar-refractivity contribution in [2.75, 3.05) is 18.9 Å². The zero-order chi connectivity index (χ0) is 12.2. The second kappa shape index (κ2) is 5.18. The third-order valence-corrected chi connectivity index (χ3v) is 4.17. The molecule has 1 aromatic rings. The van der Waals surface area contributed by atoms with Crippen LogP contribution in [-0.4, -0.2) is 38.2 Å². The molecule has 0 spiro atoms. The molecule has 0 fully saturated rings. The number of nitrogens with one attached hydrogen (secondary N) is 3. The first-order chi connectivity index (χ1) is 7.49. The smallest absolute Gasteiger partial charge is 0.320 e. The summed E-state index contributed by atoms with van der Waals surface area (Å²) in [5, 5.41) is 11.8. The van der Waals surface area contributed by atoms with Gasteiger partial charge in [-0.1, -0.05) is 18.3 Å². The highest BCUT2D eigenvalue weighted by molar-refractivity contribution is 7.91. The lowest BCUT2D eigenvalue weighted by molar-refractivity contribution is 0.254. The quantitative estimate of drug-likeness (QED) is 0.640. The molecule has 0 saturated heterocycles. The Morgan fingerprint density at radius 1 is 1.44 bits per heavy atom. The van der Waals surface area contributed by atoms with Gasteiger partial charge in [-0.05, 0) is 0 Å². The third kappa shape index (κ3) is 3.12. The molecule has 0 atom stereocenters. The van der Waals surface area contributed by atoms with Crippen LogP contribution in [0, 0.1) is 0 Å². The van der Waals surface area contributed by atoms with Gasteiger partial charge in [0.2, 0.25) is 9.47 Å². The van der Waals surface area contributed by atoms with Gasteiger partial charge in [0.15, 0.2) is 0 Å². The average Bonchev–Trinajstić information content (AvgIpc) is 2.66. The van der Waals surface area contributed by atoms with Crippen LogP contribution in [0.5, 0.6) is 0 Å². The summed E-state index contributed by atoms with van der Waals surface area (Å²) in [6, 6.07) is -0.483. The van der Waals surface area contributed by atoms with Crippen LogP contribution in [0.4, 0.5) is 9.93 Å². The minimum absolute atomic E-state index is 0.121. The van der Waals surface area contributed by atoms with Crippen LogP contribution in [0.1, 0.15) is 6.92 Å². The van der Waals surface area contributed by atoms with Crippen molar-refractivity contribution < 1.29 is 13.2 Å². The topological polar surface area (TPSA) is 113 Å². The van der Waals surface area contributed by atoms with Gasteiger partial charge >= 0.3 is 6.03 Å². The van der Waals surface area contributed by atoms with Crippen molar-refractivity contribution in [2.45, 2.75) is 11.3 Å². The van der Waals surface area contributed by atoms with Crippen LogP contribution >= 0.6 is 11.3 Å². The van der Waals surface area contributed by atoms with E-state index in [0.717, 1.165) is 11.3 Å². The van der Waals surface area contributed by atoms with Gasteiger partial charge in [-0.3, -0.25) is 5.32 Å². The minimum Gasteiger partial charge on any atom is -0.341 e.